The lowest BCUT2D eigenvalue weighted by molar-refractivity contribution is -0.136. The summed E-state index contributed by atoms with van der Waals surface area (Å²) in [4.78, 5) is 26.1. The molecule has 2 rings (SSSR count). The Morgan fingerprint density at radius 2 is 2.05 bits per heavy atom. The number of para-hydroxylation sites is 2. The van der Waals surface area contributed by atoms with Crippen LogP contribution in [0.15, 0.2) is 30.6 Å². The summed E-state index contributed by atoms with van der Waals surface area (Å²) < 4.78 is 1.91. The molecular formula is C13H15N3O3. The number of amides is 1. The number of carbonyl (C=O) groups excluding carboxylic acids is 1. The van der Waals surface area contributed by atoms with Gasteiger partial charge in [0.05, 0.1) is 23.8 Å². The number of hydrogen-bond acceptors (Lipinski definition) is 3. The molecule has 0 unspecified atom stereocenters. The number of nitrogens with zero attached hydrogens (tertiary/aromatic N) is 2. The number of aliphatic carboxylic acids is 1. The minimum Gasteiger partial charge on any atom is -0.481 e. The number of aryl methyl sites for hydroxylation is 1. The summed E-state index contributed by atoms with van der Waals surface area (Å²) in [5, 5.41) is 11.0. The summed E-state index contributed by atoms with van der Waals surface area (Å²) in [6.45, 7) is 0.693. The van der Waals surface area contributed by atoms with E-state index in [2.05, 4.69) is 10.3 Å². The van der Waals surface area contributed by atoms with E-state index in [1.54, 1.807) is 6.33 Å². The first-order valence-electron chi connectivity index (χ1n) is 6.05. The number of nitrogens with one attached hydrogen (secondary N) is 1. The number of carboxylic acid groups (broad SMARTS) is 1. The van der Waals surface area contributed by atoms with Gasteiger partial charge in [-0.15, -0.1) is 0 Å². The molecule has 0 atom stereocenters. The van der Waals surface area contributed by atoms with Gasteiger partial charge in [-0.2, -0.15) is 0 Å². The van der Waals surface area contributed by atoms with Crippen molar-refractivity contribution in [2.24, 2.45) is 0 Å². The Kier molecular flexibility index (Phi) is 4.12. The van der Waals surface area contributed by atoms with Gasteiger partial charge in [0, 0.05) is 19.5 Å². The van der Waals surface area contributed by atoms with E-state index in [1.165, 1.54) is 0 Å². The first-order chi connectivity index (χ1) is 9.16. The molecule has 0 spiro atoms. The quantitative estimate of drug-likeness (QED) is 0.813. The van der Waals surface area contributed by atoms with E-state index in [-0.39, 0.29) is 18.9 Å². The first-order valence-corrected chi connectivity index (χ1v) is 6.05. The van der Waals surface area contributed by atoms with Crippen molar-refractivity contribution in [1.82, 2.24) is 14.9 Å². The van der Waals surface area contributed by atoms with E-state index in [4.69, 9.17) is 5.11 Å². The third kappa shape index (κ3) is 3.54. The number of carbonyl (C=O) groups is 2. The lowest BCUT2D eigenvalue weighted by Crippen LogP contribution is -2.26. The van der Waals surface area contributed by atoms with Gasteiger partial charge < -0.3 is 15.0 Å². The second-order valence-corrected chi connectivity index (χ2v) is 4.17. The number of aromatic nitrogens is 2. The summed E-state index contributed by atoms with van der Waals surface area (Å²) in [5.74, 6) is -1.07. The van der Waals surface area contributed by atoms with E-state index >= 15 is 0 Å². The maximum atomic E-state index is 11.5. The predicted molar refractivity (Wildman–Crippen MR) is 69.6 cm³/mol. The lowest BCUT2D eigenvalue weighted by atomic mass is 10.3. The topological polar surface area (TPSA) is 84.2 Å². The minimum atomic E-state index is -0.916. The van der Waals surface area contributed by atoms with Crippen molar-refractivity contribution in [3.05, 3.63) is 30.6 Å². The van der Waals surface area contributed by atoms with Crippen molar-refractivity contribution in [1.29, 1.82) is 0 Å². The number of fused-ring (bicyclic) bond motifs is 1. The van der Waals surface area contributed by atoms with Crippen LogP contribution in [0.4, 0.5) is 0 Å². The molecule has 0 aliphatic rings. The van der Waals surface area contributed by atoms with E-state index in [0.29, 0.717) is 13.0 Å². The van der Waals surface area contributed by atoms with Crippen LogP contribution in [0.1, 0.15) is 12.8 Å². The molecule has 1 amide bonds. The average Bonchev–Trinajstić information content (AvgIpc) is 2.79. The SMILES string of the molecule is O=C(O)CCNC(=O)CCn1cnc2ccccc21. The first kappa shape index (κ1) is 13.1. The fourth-order valence-electron chi connectivity index (χ4n) is 1.81. The zero-order valence-corrected chi connectivity index (χ0v) is 10.4. The maximum Gasteiger partial charge on any atom is 0.305 e. The molecule has 0 fully saturated rings. The summed E-state index contributed by atoms with van der Waals surface area (Å²) >= 11 is 0. The van der Waals surface area contributed by atoms with Crippen LogP contribution in [-0.4, -0.2) is 33.1 Å². The maximum absolute atomic E-state index is 11.5. The van der Waals surface area contributed by atoms with Crippen molar-refractivity contribution in [2.45, 2.75) is 19.4 Å². The van der Waals surface area contributed by atoms with Crippen LogP contribution in [0.2, 0.25) is 0 Å². The normalized spacial score (nSPS) is 10.5. The third-order valence-corrected chi connectivity index (χ3v) is 2.77. The molecule has 6 heteroatoms. The molecule has 6 nitrogen and oxygen atoms in total. The van der Waals surface area contributed by atoms with Crippen LogP contribution in [0.5, 0.6) is 0 Å². The van der Waals surface area contributed by atoms with Gasteiger partial charge in [0.1, 0.15) is 0 Å². The van der Waals surface area contributed by atoms with Crippen LogP contribution >= 0.6 is 0 Å². The van der Waals surface area contributed by atoms with Crippen molar-refractivity contribution in [3.63, 3.8) is 0 Å². The van der Waals surface area contributed by atoms with Crippen LogP contribution in [0.3, 0.4) is 0 Å². The Bertz CT molecular complexity index is 592. The van der Waals surface area contributed by atoms with Gasteiger partial charge in [-0.25, -0.2) is 4.98 Å². The van der Waals surface area contributed by atoms with Gasteiger partial charge in [0.2, 0.25) is 5.91 Å². The largest absolute Gasteiger partial charge is 0.481 e. The monoisotopic (exact) mass is 261 g/mol. The van der Waals surface area contributed by atoms with E-state index in [1.807, 2.05) is 28.8 Å². The third-order valence-electron chi connectivity index (χ3n) is 2.77. The fourth-order valence-corrected chi connectivity index (χ4v) is 1.81. The highest BCUT2D eigenvalue weighted by Crippen LogP contribution is 2.11. The highest BCUT2D eigenvalue weighted by Gasteiger charge is 2.05. The van der Waals surface area contributed by atoms with Gasteiger partial charge in [-0.1, -0.05) is 12.1 Å². The zero-order valence-electron chi connectivity index (χ0n) is 10.4. The Morgan fingerprint density at radius 3 is 2.84 bits per heavy atom. The van der Waals surface area contributed by atoms with E-state index in [0.717, 1.165) is 11.0 Å². The van der Waals surface area contributed by atoms with Crippen molar-refractivity contribution in [3.8, 4) is 0 Å². The minimum absolute atomic E-state index is 0.0558. The molecule has 2 N–H and O–H groups in total. The number of rotatable bonds is 6. The van der Waals surface area contributed by atoms with Gasteiger partial charge in [-0.05, 0) is 12.1 Å². The molecule has 0 aliphatic heterocycles. The lowest BCUT2D eigenvalue weighted by Gasteiger charge is -2.05. The highest BCUT2D eigenvalue weighted by molar-refractivity contribution is 5.78. The van der Waals surface area contributed by atoms with Gasteiger partial charge in [-0.3, -0.25) is 9.59 Å². The molecule has 0 saturated carbocycles. The molecule has 0 aliphatic carbocycles. The smallest absolute Gasteiger partial charge is 0.305 e. The molecule has 19 heavy (non-hydrogen) atoms. The van der Waals surface area contributed by atoms with Crippen LogP contribution in [-0.2, 0) is 16.1 Å². The highest BCUT2D eigenvalue weighted by atomic mass is 16.4. The number of hydrogen-bond donors (Lipinski definition) is 2. The van der Waals surface area contributed by atoms with Crippen LogP contribution < -0.4 is 5.32 Å². The summed E-state index contributed by atoms with van der Waals surface area (Å²) in [6, 6.07) is 7.70. The van der Waals surface area contributed by atoms with E-state index < -0.39 is 5.97 Å². The molecule has 1 aromatic heterocycles. The number of benzene rings is 1. The van der Waals surface area contributed by atoms with Gasteiger partial charge >= 0.3 is 5.97 Å². The van der Waals surface area contributed by atoms with Crippen molar-refractivity contribution < 1.29 is 14.7 Å². The Balaban J connectivity index is 1.85. The van der Waals surface area contributed by atoms with Crippen LogP contribution in [0, 0.1) is 0 Å². The molecular weight excluding hydrogens is 246 g/mol. The van der Waals surface area contributed by atoms with Crippen molar-refractivity contribution >= 4 is 22.9 Å². The number of carboxylic acids is 1. The van der Waals surface area contributed by atoms with Gasteiger partial charge in [0.15, 0.2) is 0 Å². The fraction of sp³-hybridized carbons (Fsp3) is 0.308. The Labute approximate surface area is 110 Å². The van der Waals surface area contributed by atoms with Gasteiger partial charge in [0.25, 0.3) is 0 Å². The summed E-state index contributed by atoms with van der Waals surface area (Å²) in [5.41, 5.74) is 1.88. The Morgan fingerprint density at radius 1 is 1.26 bits per heavy atom. The van der Waals surface area contributed by atoms with Crippen LogP contribution in [0.25, 0.3) is 11.0 Å². The standard InChI is InChI=1S/C13H15N3O3/c17-12(14-7-5-13(18)19)6-8-16-9-15-10-3-1-2-4-11(10)16/h1-4,9H,5-8H2,(H,14,17)(H,18,19). The molecule has 0 radical (unpaired) electrons. The second-order valence-electron chi connectivity index (χ2n) is 4.17. The molecule has 2 aromatic rings. The second kappa shape index (κ2) is 5.99. The Hall–Kier alpha value is -2.37. The molecule has 0 bridgehead atoms. The molecule has 1 heterocycles. The van der Waals surface area contributed by atoms with E-state index in [9.17, 15) is 9.59 Å². The van der Waals surface area contributed by atoms with Crippen molar-refractivity contribution in [2.75, 3.05) is 6.54 Å². The number of imidazole rings is 1. The zero-order chi connectivity index (χ0) is 13.7. The average molecular weight is 261 g/mol. The molecule has 1 aromatic carbocycles. The molecule has 0 saturated heterocycles. The summed E-state index contributed by atoms with van der Waals surface area (Å²) in [7, 11) is 0. The predicted octanol–water partition coefficient (Wildman–Crippen LogP) is 1.02. The summed E-state index contributed by atoms with van der Waals surface area (Å²) in [6.07, 6.45) is 1.95. The molecule has 100 valence electrons.